The van der Waals surface area contributed by atoms with Crippen molar-refractivity contribution < 1.29 is 12.8 Å². The monoisotopic (exact) mass is 364 g/mol. The first-order chi connectivity index (χ1) is 9.32. The van der Waals surface area contributed by atoms with Gasteiger partial charge in [0.2, 0.25) is 10.0 Å². The summed E-state index contributed by atoms with van der Waals surface area (Å²) in [4.78, 5) is 0.101. The fourth-order valence-electron chi connectivity index (χ4n) is 2.44. The first-order valence-electron chi connectivity index (χ1n) is 6.53. The van der Waals surface area contributed by atoms with Crippen LogP contribution in [0.5, 0.6) is 0 Å². The van der Waals surface area contributed by atoms with Gasteiger partial charge < -0.3 is 5.73 Å². The van der Waals surface area contributed by atoms with Gasteiger partial charge in [0.25, 0.3) is 0 Å². The van der Waals surface area contributed by atoms with Crippen LogP contribution in [-0.4, -0.2) is 31.9 Å². The average Bonchev–Trinajstić information content (AvgIpc) is 2.38. The zero-order chi connectivity index (χ0) is 14.9. The lowest BCUT2D eigenvalue weighted by Crippen LogP contribution is -2.45. The van der Waals surface area contributed by atoms with Crippen LogP contribution in [0, 0.1) is 11.7 Å². The largest absolute Gasteiger partial charge is 0.328 e. The lowest BCUT2D eigenvalue weighted by atomic mass is 9.93. The van der Waals surface area contributed by atoms with Crippen molar-refractivity contribution in [3.63, 3.8) is 0 Å². The van der Waals surface area contributed by atoms with E-state index in [1.807, 2.05) is 6.92 Å². The first-order valence-corrected chi connectivity index (χ1v) is 8.76. The average molecular weight is 365 g/mol. The van der Waals surface area contributed by atoms with Gasteiger partial charge in [0, 0.05) is 23.6 Å². The summed E-state index contributed by atoms with van der Waals surface area (Å²) in [7, 11) is -3.61. The van der Waals surface area contributed by atoms with E-state index in [0.29, 0.717) is 13.1 Å². The van der Waals surface area contributed by atoms with E-state index >= 15 is 0 Å². The molecular formula is C13H18BrFN2O2S. The van der Waals surface area contributed by atoms with Gasteiger partial charge in [-0.3, -0.25) is 0 Å². The molecule has 112 valence electrons. The smallest absolute Gasteiger partial charge is 0.244 e. The van der Waals surface area contributed by atoms with E-state index in [0.717, 1.165) is 18.9 Å². The van der Waals surface area contributed by atoms with Gasteiger partial charge in [-0.2, -0.15) is 4.31 Å². The minimum Gasteiger partial charge on any atom is -0.328 e. The summed E-state index contributed by atoms with van der Waals surface area (Å²) >= 11 is 3.12. The lowest BCUT2D eigenvalue weighted by molar-refractivity contribution is 0.243. The zero-order valence-corrected chi connectivity index (χ0v) is 13.6. The first kappa shape index (κ1) is 15.9. The van der Waals surface area contributed by atoms with Gasteiger partial charge in [-0.15, -0.1) is 0 Å². The summed E-state index contributed by atoms with van der Waals surface area (Å²) in [5, 5.41) is 0. The molecule has 1 aromatic carbocycles. The van der Waals surface area contributed by atoms with Crippen molar-refractivity contribution in [3.05, 3.63) is 28.5 Å². The Kier molecular flexibility index (Phi) is 4.84. The van der Waals surface area contributed by atoms with Crippen molar-refractivity contribution in [2.24, 2.45) is 11.7 Å². The summed E-state index contributed by atoms with van der Waals surface area (Å²) in [6, 6.07) is 3.58. The second-order valence-corrected chi connectivity index (χ2v) is 7.96. The minimum atomic E-state index is -3.61. The highest BCUT2D eigenvalue weighted by Gasteiger charge is 2.32. The quantitative estimate of drug-likeness (QED) is 0.894. The van der Waals surface area contributed by atoms with Gasteiger partial charge in [-0.05, 0) is 59.8 Å². The number of nitrogens with two attached hydrogens (primary N) is 1. The SMILES string of the molecule is CC(N)C1CCCN(S(=O)(=O)c2ccc(F)cc2Br)C1. The zero-order valence-electron chi connectivity index (χ0n) is 11.2. The van der Waals surface area contributed by atoms with Crippen LogP contribution in [0.3, 0.4) is 0 Å². The van der Waals surface area contributed by atoms with Gasteiger partial charge in [-0.25, -0.2) is 12.8 Å². The van der Waals surface area contributed by atoms with Crippen LogP contribution in [0.1, 0.15) is 19.8 Å². The molecule has 0 spiro atoms. The number of hydrogen-bond donors (Lipinski definition) is 1. The van der Waals surface area contributed by atoms with Crippen molar-refractivity contribution in [2.75, 3.05) is 13.1 Å². The number of sulfonamides is 1. The molecule has 1 fully saturated rings. The summed E-state index contributed by atoms with van der Waals surface area (Å²) in [5.41, 5.74) is 5.88. The fourth-order valence-corrected chi connectivity index (χ4v) is 4.99. The van der Waals surface area contributed by atoms with Crippen LogP contribution in [0.15, 0.2) is 27.6 Å². The third-order valence-electron chi connectivity index (χ3n) is 3.68. The Labute approximate surface area is 127 Å². The summed E-state index contributed by atoms with van der Waals surface area (Å²) < 4.78 is 40.0. The molecule has 1 aliphatic rings. The molecule has 20 heavy (non-hydrogen) atoms. The van der Waals surface area contributed by atoms with Crippen LogP contribution in [0.25, 0.3) is 0 Å². The van der Waals surface area contributed by atoms with Gasteiger partial charge >= 0.3 is 0 Å². The third kappa shape index (κ3) is 3.21. The van der Waals surface area contributed by atoms with Crippen molar-refractivity contribution in [3.8, 4) is 0 Å². The molecule has 1 aromatic rings. The molecule has 0 aromatic heterocycles. The van der Waals surface area contributed by atoms with E-state index in [2.05, 4.69) is 15.9 Å². The number of benzene rings is 1. The molecule has 0 bridgehead atoms. The Morgan fingerprint density at radius 1 is 1.50 bits per heavy atom. The Balaban J connectivity index is 2.30. The summed E-state index contributed by atoms with van der Waals surface area (Å²) in [5.74, 6) is -0.305. The number of rotatable bonds is 3. The highest BCUT2D eigenvalue weighted by atomic mass is 79.9. The maximum Gasteiger partial charge on any atom is 0.244 e. The number of hydrogen-bond acceptors (Lipinski definition) is 3. The van der Waals surface area contributed by atoms with E-state index in [9.17, 15) is 12.8 Å². The molecule has 2 rings (SSSR count). The van der Waals surface area contributed by atoms with E-state index in [1.54, 1.807) is 0 Å². The second-order valence-electron chi connectivity index (χ2n) is 5.20. The van der Waals surface area contributed by atoms with Crippen molar-refractivity contribution in [1.82, 2.24) is 4.31 Å². The number of nitrogens with zero attached hydrogens (tertiary/aromatic N) is 1. The molecule has 0 amide bonds. The van der Waals surface area contributed by atoms with Gasteiger partial charge in [-0.1, -0.05) is 0 Å². The molecule has 0 aliphatic carbocycles. The Bertz CT molecular complexity index is 592. The Hall–Kier alpha value is -0.500. The maximum atomic E-state index is 13.1. The van der Waals surface area contributed by atoms with E-state index in [-0.39, 0.29) is 21.3 Å². The Morgan fingerprint density at radius 3 is 2.80 bits per heavy atom. The topological polar surface area (TPSA) is 63.4 Å². The van der Waals surface area contributed by atoms with Crippen LogP contribution in [0.4, 0.5) is 4.39 Å². The molecule has 1 saturated heterocycles. The van der Waals surface area contributed by atoms with Crippen molar-refractivity contribution in [1.29, 1.82) is 0 Å². The third-order valence-corrected chi connectivity index (χ3v) is 6.52. The molecule has 7 heteroatoms. The molecule has 0 radical (unpaired) electrons. The molecule has 2 N–H and O–H groups in total. The van der Waals surface area contributed by atoms with Crippen molar-refractivity contribution >= 4 is 26.0 Å². The molecule has 1 heterocycles. The normalized spacial score (nSPS) is 22.7. The van der Waals surface area contributed by atoms with Crippen molar-refractivity contribution in [2.45, 2.75) is 30.7 Å². The Morgan fingerprint density at radius 2 is 2.20 bits per heavy atom. The van der Waals surface area contributed by atoms with E-state index < -0.39 is 15.8 Å². The lowest BCUT2D eigenvalue weighted by Gasteiger charge is -2.33. The fraction of sp³-hybridized carbons (Fsp3) is 0.538. The minimum absolute atomic E-state index is 0.0374. The molecular weight excluding hydrogens is 347 g/mol. The van der Waals surface area contributed by atoms with E-state index in [1.165, 1.54) is 16.4 Å². The predicted octanol–water partition coefficient (Wildman–Crippen LogP) is 2.34. The van der Waals surface area contributed by atoms with Crippen LogP contribution in [0.2, 0.25) is 0 Å². The summed E-state index contributed by atoms with van der Waals surface area (Å²) in [6.45, 7) is 2.80. The molecule has 2 unspecified atom stereocenters. The molecule has 4 nitrogen and oxygen atoms in total. The van der Waals surface area contributed by atoms with Gasteiger partial charge in [0.05, 0.1) is 4.90 Å². The standard InChI is InChI=1S/C13H18BrFN2O2S/c1-9(16)10-3-2-6-17(8-10)20(18,19)13-5-4-11(15)7-12(13)14/h4-5,7,9-10H,2-3,6,8,16H2,1H3. The number of halogens is 2. The number of piperidine rings is 1. The van der Waals surface area contributed by atoms with Crippen LogP contribution >= 0.6 is 15.9 Å². The van der Waals surface area contributed by atoms with Gasteiger partial charge in [0.15, 0.2) is 0 Å². The highest BCUT2D eigenvalue weighted by Crippen LogP contribution is 2.29. The molecule has 0 saturated carbocycles. The second kappa shape index (κ2) is 6.09. The predicted molar refractivity (Wildman–Crippen MR) is 79.2 cm³/mol. The molecule has 1 aliphatic heterocycles. The maximum absolute atomic E-state index is 13.1. The summed E-state index contributed by atoms with van der Waals surface area (Å²) in [6.07, 6.45) is 1.73. The van der Waals surface area contributed by atoms with E-state index in [4.69, 9.17) is 5.73 Å². The molecule has 2 atom stereocenters. The highest BCUT2D eigenvalue weighted by molar-refractivity contribution is 9.10. The van der Waals surface area contributed by atoms with Crippen LogP contribution in [-0.2, 0) is 10.0 Å². The van der Waals surface area contributed by atoms with Gasteiger partial charge in [0.1, 0.15) is 5.82 Å². The van der Waals surface area contributed by atoms with Crippen LogP contribution < -0.4 is 5.73 Å².